The minimum atomic E-state index is 0.00126. The fourth-order valence-corrected chi connectivity index (χ4v) is 2.25. The maximum atomic E-state index is 5.99. The highest BCUT2D eigenvalue weighted by atomic mass is 16.5. The van der Waals surface area contributed by atoms with E-state index >= 15 is 0 Å². The van der Waals surface area contributed by atoms with E-state index in [2.05, 4.69) is 25.7 Å². The second-order valence-electron chi connectivity index (χ2n) is 5.78. The standard InChI is InChI=1S/C13H28N2O/c1-11(14)12-6-5-8-15(10-12)9-7-13(2,3)16-4/h11-12H,5-10,14H2,1-4H3. The molecule has 16 heavy (non-hydrogen) atoms. The van der Waals surface area contributed by atoms with E-state index in [4.69, 9.17) is 10.5 Å². The van der Waals surface area contributed by atoms with Gasteiger partial charge in [-0.3, -0.25) is 0 Å². The molecule has 2 N–H and O–H groups in total. The van der Waals surface area contributed by atoms with Gasteiger partial charge in [-0.25, -0.2) is 0 Å². The first kappa shape index (κ1) is 13.9. The average molecular weight is 228 g/mol. The van der Waals surface area contributed by atoms with E-state index in [1.165, 1.54) is 19.4 Å². The van der Waals surface area contributed by atoms with Gasteiger partial charge < -0.3 is 15.4 Å². The van der Waals surface area contributed by atoms with E-state index in [0.29, 0.717) is 12.0 Å². The van der Waals surface area contributed by atoms with Crippen molar-refractivity contribution in [3.05, 3.63) is 0 Å². The lowest BCUT2D eigenvalue weighted by molar-refractivity contribution is 0.00372. The van der Waals surface area contributed by atoms with E-state index < -0.39 is 0 Å². The number of methoxy groups -OCH3 is 1. The Balaban J connectivity index is 2.32. The molecule has 2 atom stereocenters. The zero-order chi connectivity index (χ0) is 12.2. The topological polar surface area (TPSA) is 38.5 Å². The molecule has 0 saturated carbocycles. The number of likely N-dealkylation sites (tertiary alicyclic amines) is 1. The molecule has 0 aromatic heterocycles. The summed E-state index contributed by atoms with van der Waals surface area (Å²) >= 11 is 0. The van der Waals surface area contributed by atoms with Gasteiger partial charge in [-0.05, 0) is 52.5 Å². The van der Waals surface area contributed by atoms with Crippen LogP contribution < -0.4 is 5.73 Å². The van der Waals surface area contributed by atoms with Gasteiger partial charge in [0, 0.05) is 26.2 Å². The summed E-state index contributed by atoms with van der Waals surface area (Å²) in [6.45, 7) is 9.96. The highest BCUT2D eigenvalue weighted by Gasteiger charge is 2.24. The van der Waals surface area contributed by atoms with Crippen LogP contribution in [0.3, 0.4) is 0 Å². The molecule has 1 aliphatic rings. The molecule has 96 valence electrons. The molecule has 1 rings (SSSR count). The van der Waals surface area contributed by atoms with Crippen LogP contribution in [0, 0.1) is 5.92 Å². The summed E-state index contributed by atoms with van der Waals surface area (Å²) in [5.41, 5.74) is 5.99. The molecule has 1 fully saturated rings. The molecule has 2 unspecified atom stereocenters. The van der Waals surface area contributed by atoms with E-state index in [0.717, 1.165) is 19.5 Å². The van der Waals surface area contributed by atoms with E-state index in [9.17, 15) is 0 Å². The lowest BCUT2D eigenvalue weighted by Crippen LogP contribution is -2.44. The van der Waals surface area contributed by atoms with Crippen molar-refractivity contribution in [1.29, 1.82) is 0 Å². The summed E-state index contributed by atoms with van der Waals surface area (Å²) in [7, 11) is 1.79. The molecular formula is C13H28N2O. The monoisotopic (exact) mass is 228 g/mol. The number of nitrogens with two attached hydrogens (primary N) is 1. The molecule has 0 aromatic rings. The van der Waals surface area contributed by atoms with Crippen LogP contribution in [0.25, 0.3) is 0 Å². The van der Waals surface area contributed by atoms with Gasteiger partial charge in [0.15, 0.2) is 0 Å². The SMILES string of the molecule is COC(C)(C)CCN1CCCC(C(C)N)C1. The molecule has 3 nitrogen and oxygen atoms in total. The highest BCUT2D eigenvalue weighted by Crippen LogP contribution is 2.21. The Hall–Kier alpha value is -0.120. The maximum absolute atomic E-state index is 5.99. The first-order chi connectivity index (χ1) is 7.44. The van der Waals surface area contributed by atoms with Crippen molar-refractivity contribution in [2.45, 2.75) is 51.7 Å². The summed E-state index contributed by atoms with van der Waals surface area (Å²) in [5.74, 6) is 0.680. The van der Waals surface area contributed by atoms with Crippen LogP contribution in [-0.2, 0) is 4.74 Å². The summed E-state index contributed by atoms with van der Waals surface area (Å²) < 4.78 is 5.45. The largest absolute Gasteiger partial charge is 0.379 e. The zero-order valence-electron chi connectivity index (χ0n) is 11.3. The molecule has 0 amide bonds. The van der Waals surface area contributed by atoms with Crippen LogP contribution >= 0.6 is 0 Å². The third-order valence-corrected chi connectivity index (χ3v) is 3.87. The van der Waals surface area contributed by atoms with E-state index in [-0.39, 0.29) is 5.60 Å². The van der Waals surface area contributed by atoms with Crippen molar-refractivity contribution < 1.29 is 4.74 Å². The fraction of sp³-hybridized carbons (Fsp3) is 1.00. The van der Waals surface area contributed by atoms with Gasteiger partial charge in [-0.15, -0.1) is 0 Å². The number of ether oxygens (including phenoxy) is 1. The number of piperidine rings is 1. The minimum absolute atomic E-state index is 0.00126. The first-order valence-electron chi connectivity index (χ1n) is 6.48. The molecule has 3 heteroatoms. The number of rotatable bonds is 5. The first-order valence-corrected chi connectivity index (χ1v) is 6.48. The normalized spacial score (nSPS) is 25.7. The molecule has 1 saturated heterocycles. The van der Waals surface area contributed by atoms with Gasteiger partial charge >= 0.3 is 0 Å². The fourth-order valence-electron chi connectivity index (χ4n) is 2.25. The Morgan fingerprint density at radius 3 is 2.75 bits per heavy atom. The van der Waals surface area contributed by atoms with Crippen molar-refractivity contribution in [1.82, 2.24) is 4.90 Å². The molecule has 0 bridgehead atoms. The lowest BCUT2D eigenvalue weighted by atomic mass is 9.91. The van der Waals surface area contributed by atoms with Crippen molar-refractivity contribution in [2.24, 2.45) is 11.7 Å². The predicted molar refractivity (Wildman–Crippen MR) is 68.5 cm³/mol. The number of hydrogen-bond acceptors (Lipinski definition) is 3. The molecule has 1 aliphatic heterocycles. The molecule has 0 aliphatic carbocycles. The van der Waals surface area contributed by atoms with Gasteiger partial charge in [0.2, 0.25) is 0 Å². The van der Waals surface area contributed by atoms with E-state index in [1.54, 1.807) is 7.11 Å². The van der Waals surface area contributed by atoms with Crippen LogP contribution in [-0.4, -0.2) is 43.3 Å². The van der Waals surface area contributed by atoms with Gasteiger partial charge in [0.05, 0.1) is 5.60 Å². The Morgan fingerprint density at radius 1 is 1.50 bits per heavy atom. The van der Waals surface area contributed by atoms with Crippen molar-refractivity contribution in [3.8, 4) is 0 Å². The van der Waals surface area contributed by atoms with Crippen LogP contribution in [0.15, 0.2) is 0 Å². The Morgan fingerprint density at radius 2 is 2.19 bits per heavy atom. The predicted octanol–water partition coefficient (Wildman–Crippen LogP) is 1.86. The van der Waals surface area contributed by atoms with E-state index in [1.807, 2.05) is 0 Å². The zero-order valence-corrected chi connectivity index (χ0v) is 11.3. The molecule has 0 spiro atoms. The second kappa shape index (κ2) is 5.99. The Kier molecular flexibility index (Phi) is 5.22. The molecule has 1 heterocycles. The summed E-state index contributed by atoms with van der Waals surface area (Å²) in [4.78, 5) is 2.54. The lowest BCUT2D eigenvalue weighted by Gasteiger charge is -2.36. The molecule has 0 aromatic carbocycles. The Bertz CT molecular complexity index is 204. The molecular weight excluding hydrogens is 200 g/mol. The third-order valence-electron chi connectivity index (χ3n) is 3.87. The number of hydrogen-bond donors (Lipinski definition) is 1. The van der Waals surface area contributed by atoms with Crippen LogP contribution in [0.1, 0.15) is 40.0 Å². The number of nitrogens with zero attached hydrogens (tertiary/aromatic N) is 1. The maximum Gasteiger partial charge on any atom is 0.0634 e. The summed E-state index contributed by atoms with van der Waals surface area (Å²) in [5, 5.41) is 0. The average Bonchev–Trinajstić information content (AvgIpc) is 2.27. The van der Waals surface area contributed by atoms with Crippen molar-refractivity contribution in [2.75, 3.05) is 26.7 Å². The Labute approximate surface area is 100 Å². The smallest absolute Gasteiger partial charge is 0.0634 e. The molecule has 0 radical (unpaired) electrons. The van der Waals surface area contributed by atoms with Gasteiger partial charge in [0.1, 0.15) is 0 Å². The van der Waals surface area contributed by atoms with Crippen LogP contribution in [0.2, 0.25) is 0 Å². The third kappa shape index (κ3) is 4.40. The van der Waals surface area contributed by atoms with Crippen molar-refractivity contribution >= 4 is 0 Å². The van der Waals surface area contributed by atoms with Gasteiger partial charge in [-0.1, -0.05) is 0 Å². The second-order valence-corrected chi connectivity index (χ2v) is 5.78. The van der Waals surface area contributed by atoms with Gasteiger partial charge in [0.25, 0.3) is 0 Å². The summed E-state index contributed by atoms with van der Waals surface area (Å²) in [6, 6.07) is 0.332. The van der Waals surface area contributed by atoms with Crippen molar-refractivity contribution in [3.63, 3.8) is 0 Å². The highest BCUT2D eigenvalue weighted by molar-refractivity contribution is 4.80. The van der Waals surface area contributed by atoms with Crippen LogP contribution in [0.5, 0.6) is 0 Å². The van der Waals surface area contributed by atoms with Gasteiger partial charge in [-0.2, -0.15) is 0 Å². The summed E-state index contributed by atoms with van der Waals surface area (Å²) in [6.07, 6.45) is 3.68. The van der Waals surface area contributed by atoms with Crippen LogP contribution in [0.4, 0.5) is 0 Å². The minimum Gasteiger partial charge on any atom is -0.379 e. The quantitative estimate of drug-likeness (QED) is 0.780.